The van der Waals surface area contributed by atoms with Crippen LogP contribution in [0.5, 0.6) is 0 Å². The van der Waals surface area contributed by atoms with Gasteiger partial charge in [-0.05, 0) is 30.7 Å². The molecule has 0 radical (unpaired) electrons. The lowest BCUT2D eigenvalue weighted by Crippen LogP contribution is -2.33. The van der Waals surface area contributed by atoms with Crippen LogP contribution >= 0.6 is 11.8 Å². The number of benzene rings is 1. The molecule has 1 aromatic rings. The fourth-order valence-corrected chi connectivity index (χ4v) is 3.51. The van der Waals surface area contributed by atoms with E-state index in [1.54, 1.807) is 6.07 Å². The Morgan fingerprint density at radius 2 is 2.11 bits per heavy atom. The quantitative estimate of drug-likeness (QED) is 0.896. The van der Waals surface area contributed by atoms with Crippen LogP contribution in [0.1, 0.15) is 30.4 Å². The minimum absolute atomic E-state index is 0.421. The van der Waals surface area contributed by atoms with Gasteiger partial charge in [-0.15, -0.1) is 0 Å². The number of alkyl halides is 3. The molecule has 2 unspecified atom stereocenters. The van der Waals surface area contributed by atoms with E-state index in [0.29, 0.717) is 23.4 Å². The summed E-state index contributed by atoms with van der Waals surface area (Å²) in [5.41, 5.74) is 0.126. The van der Waals surface area contributed by atoms with Gasteiger partial charge in [-0.1, -0.05) is 24.6 Å². The van der Waals surface area contributed by atoms with E-state index in [4.69, 9.17) is 0 Å². The van der Waals surface area contributed by atoms with Gasteiger partial charge in [0.25, 0.3) is 0 Å². The van der Waals surface area contributed by atoms with E-state index >= 15 is 0 Å². The number of halogens is 3. The highest BCUT2D eigenvalue weighted by Crippen LogP contribution is 2.30. The molecule has 2 atom stereocenters. The Labute approximate surface area is 116 Å². The standard InChI is InChI=1S/C14H18F3NS/c1-19-13-7-3-6-12(13)18-9-10-4-2-5-11(8-10)14(15,16)17/h2,4-5,8,12-13,18H,3,6-7,9H2,1H3. The molecule has 0 heterocycles. The SMILES string of the molecule is CSC1CCCC1NCc1cccc(C(F)(F)F)c1. The van der Waals surface area contributed by atoms with Crippen LogP contribution in [0.15, 0.2) is 24.3 Å². The Kier molecular flexibility index (Phi) is 4.79. The van der Waals surface area contributed by atoms with Crippen molar-refractivity contribution in [2.45, 2.75) is 43.3 Å². The van der Waals surface area contributed by atoms with Crippen LogP contribution < -0.4 is 5.32 Å². The molecule has 0 aromatic heterocycles. The van der Waals surface area contributed by atoms with Gasteiger partial charge in [0.15, 0.2) is 0 Å². The van der Waals surface area contributed by atoms with Crippen molar-refractivity contribution in [2.24, 2.45) is 0 Å². The highest BCUT2D eigenvalue weighted by atomic mass is 32.2. The molecule has 0 spiro atoms. The molecule has 2 rings (SSSR count). The first-order valence-electron chi connectivity index (χ1n) is 6.43. The first kappa shape index (κ1) is 14.7. The number of nitrogens with one attached hydrogen (secondary N) is 1. The Balaban J connectivity index is 1.96. The van der Waals surface area contributed by atoms with E-state index in [9.17, 15) is 13.2 Å². The van der Waals surface area contributed by atoms with Gasteiger partial charge in [0.2, 0.25) is 0 Å². The van der Waals surface area contributed by atoms with Gasteiger partial charge < -0.3 is 5.32 Å². The highest BCUT2D eigenvalue weighted by molar-refractivity contribution is 7.99. The third-order valence-corrected chi connectivity index (χ3v) is 4.75. The van der Waals surface area contributed by atoms with Crippen LogP contribution in [0, 0.1) is 0 Å². The number of hydrogen-bond acceptors (Lipinski definition) is 2. The Morgan fingerprint density at radius 3 is 2.79 bits per heavy atom. The smallest absolute Gasteiger partial charge is 0.309 e. The van der Waals surface area contributed by atoms with E-state index in [1.807, 2.05) is 11.8 Å². The molecular weight excluding hydrogens is 271 g/mol. The Hall–Kier alpha value is -0.680. The van der Waals surface area contributed by atoms with E-state index in [1.165, 1.54) is 25.0 Å². The van der Waals surface area contributed by atoms with E-state index in [2.05, 4.69) is 11.6 Å². The van der Waals surface area contributed by atoms with E-state index in [0.717, 1.165) is 12.5 Å². The van der Waals surface area contributed by atoms with Gasteiger partial charge in [-0.3, -0.25) is 0 Å². The second kappa shape index (κ2) is 6.18. The first-order chi connectivity index (χ1) is 9.00. The van der Waals surface area contributed by atoms with Crippen molar-refractivity contribution in [1.82, 2.24) is 5.32 Å². The van der Waals surface area contributed by atoms with E-state index in [-0.39, 0.29) is 0 Å². The summed E-state index contributed by atoms with van der Waals surface area (Å²) in [6.45, 7) is 0.506. The third kappa shape index (κ3) is 3.89. The second-order valence-electron chi connectivity index (χ2n) is 4.89. The summed E-state index contributed by atoms with van der Waals surface area (Å²) >= 11 is 1.84. The van der Waals surface area contributed by atoms with Gasteiger partial charge in [0, 0.05) is 17.8 Å². The van der Waals surface area contributed by atoms with Crippen LogP contribution in [0.25, 0.3) is 0 Å². The lowest BCUT2D eigenvalue weighted by Gasteiger charge is -2.19. The van der Waals surface area contributed by atoms with Crippen molar-refractivity contribution in [3.63, 3.8) is 0 Å². The Morgan fingerprint density at radius 1 is 1.32 bits per heavy atom. The lowest BCUT2D eigenvalue weighted by atomic mass is 10.1. The van der Waals surface area contributed by atoms with E-state index < -0.39 is 11.7 Å². The van der Waals surface area contributed by atoms with Crippen molar-refractivity contribution >= 4 is 11.8 Å². The van der Waals surface area contributed by atoms with Gasteiger partial charge in [0.05, 0.1) is 5.56 Å². The molecule has 1 aromatic carbocycles. The lowest BCUT2D eigenvalue weighted by molar-refractivity contribution is -0.137. The molecule has 1 saturated carbocycles. The molecule has 0 bridgehead atoms. The largest absolute Gasteiger partial charge is 0.416 e. The molecule has 19 heavy (non-hydrogen) atoms. The van der Waals surface area contributed by atoms with Crippen LogP contribution in [0.4, 0.5) is 13.2 Å². The first-order valence-corrected chi connectivity index (χ1v) is 7.72. The van der Waals surface area contributed by atoms with Crippen molar-refractivity contribution in [2.75, 3.05) is 6.26 Å². The number of rotatable bonds is 4. The maximum absolute atomic E-state index is 12.6. The molecule has 1 aliphatic carbocycles. The molecule has 0 amide bonds. The van der Waals surface area contributed by atoms with Crippen LogP contribution in [0.3, 0.4) is 0 Å². The Bertz CT molecular complexity index is 419. The van der Waals surface area contributed by atoms with Crippen molar-refractivity contribution in [3.05, 3.63) is 35.4 Å². The zero-order valence-corrected chi connectivity index (χ0v) is 11.7. The summed E-state index contributed by atoms with van der Waals surface area (Å²) in [7, 11) is 0. The molecule has 1 nitrogen and oxygen atoms in total. The highest BCUT2D eigenvalue weighted by Gasteiger charge is 2.30. The van der Waals surface area contributed by atoms with Gasteiger partial charge in [0.1, 0.15) is 0 Å². The molecule has 5 heteroatoms. The second-order valence-corrected chi connectivity index (χ2v) is 5.97. The van der Waals surface area contributed by atoms with Gasteiger partial charge in [-0.25, -0.2) is 0 Å². The normalized spacial score (nSPS) is 23.8. The van der Waals surface area contributed by atoms with Crippen molar-refractivity contribution in [1.29, 1.82) is 0 Å². The maximum Gasteiger partial charge on any atom is 0.416 e. The summed E-state index contributed by atoms with van der Waals surface area (Å²) in [4.78, 5) is 0. The van der Waals surface area contributed by atoms with Crippen molar-refractivity contribution in [3.8, 4) is 0 Å². The zero-order valence-electron chi connectivity index (χ0n) is 10.8. The predicted octanol–water partition coefficient (Wildman–Crippen LogP) is 4.08. The topological polar surface area (TPSA) is 12.0 Å². The van der Waals surface area contributed by atoms with Crippen LogP contribution in [-0.4, -0.2) is 17.5 Å². The molecular formula is C14H18F3NS. The minimum Gasteiger partial charge on any atom is -0.309 e. The average Bonchev–Trinajstić information content (AvgIpc) is 2.83. The molecule has 106 valence electrons. The minimum atomic E-state index is -4.26. The molecule has 1 fully saturated rings. The summed E-state index contributed by atoms with van der Waals surface area (Å²) in [6.07, 6.45) is 1.35. The summed E-state index contributed by atoms with van der Waals surface area (Å²) in [6, 6.07) is 5.98. The van der Waals surface area contributed by atoms with Gasteiger partial charge in [-0.2, -0.15) is 24.9 Å². The van der Waals surface area contributed by atoms with Crippen molar-refractivity contribution < 1.29 is 13.2 Å². The van der Waals surface area contributed by atoms with Crippen LogP contribution in [0.2, 0.25) is 0 Å². The summed E-state index contributed by atoms with van der Waals surface area (Å²) in [5.74, 6) is 0. The monoisotopic (exact) mass is 289 g/mol. The third-order valence-electron chi connectivity index (χ3n) is 3.58. The fourth-order valence-electron chi connectivity index (χ4n) is 2.55. The van der Waals surface area contributed by atoms with Crippen LogP contribution in [-0.2, 0) is 12.7 Å². The average molecular weight is 289 g/mol. The molecule has 1 aliphatic rings. The fraction of sp³-hybridized carbons (Fsp3) is 0.571. The number of hydrogen-bond donors (Lipinski definition) is 1. The summed E-state index contributed by atoms with van der Waals surface area (Å²) in [5, 5.41) is 3.98. The zero-order chi connectivity index (χ0) is 13.9. The number of thioether (sulfide) groups is 1. The maximum atomic E-state index is 12.6. The molecule has 0 aliphatic heterocycles. The molecule has 1 N–H and O–H groups in total. The molecule has 0 saturated heterocycles. The predicted molar refractivity (Wildman–Crippen MR) is 73.2 cm³/mol. The summed E-state index contributed by atoms with van der Waals surface area (Å²) < 4.78 is 37.8. The van der Waals surface area contributed by atoms with Gasteiger partial charge >= 0.3 is 6.18 Å².